The molecule has 7 heteroatoms. The summed E-state index contributed by atoms with van der Waals surface area (Å²) >= 11 is 0. The van der Waals surface area contributed by atoms with Gasteiger partial charge in [0.15, 0.2) is 5.65 Å². The van der Waals surface area contributed by atoms with Crippen LogP contribution in [-0.2, 0) is 20.1 Å². The van der Waals surface area contributed by atoms with Gasteiger partial charge in [-0.15, -0.1) is 0 Å². The molecule has 0 aromatic carbocycles. The lowest BCUT2D eigenvalue weighted by molar-refractivity contribution is 0.373. The fourth-order valence-electron chi connectivity index (χ4n) is 2.25. The highest BCUT2D eigenvalue weighted by Crippen LogP contribution is 2.08. The first kappa shape index (κ1) is 15.5. The van der Waals surface area contributed by atoms with Gasteiger partial charge >= 0.3 is 5.69 Å². The molecule has 2 aromatic rings. The third-order valence-corrected chi connectivity index (χ3v) is 3.37. The summed E-state index contributed by atoms with van der Waals surface area (Å²) in [6.07, 6.45) is 1.73. The molecular formula is C14H23N5O2. The number of aromatic nitrogens is 4. The van der Waals surface area contributed by atoms with Crippen LogP contribution in [-0.4, -0.2) is 44.5 Å². The maximum atomic E-state index is 12.3. The van der Waals surface area contributed by atoms with Gasteiger partial charge in [-0.05, 0) is 20.0 Å². The third-order valence-electron chi connectivity index (χ3n) is 3.37. The minimum absolute atomic E-state index is 0.286. The van der Waals surface area contributed by atoms with Gasteiger partial charge in [-0.3, -0.25) is 18.6 Å². The van der Waals surface area contributed by atoms with Gasteiger partial charge in [0.2, 0.25) is 0 Å². The van der Waals surface area contributed by atoms with Crippen LogP contribution >= 0.6 is 0 Å². The fourth-order valence-corrected chi connectivity index (χ4v) is 2.25. The van der Waals surface area contributed by atoms with Gasteiger partial charge in [-0.2, -0.15) is 5.10 Å². The van der Waals surface area contributed by atoms with Crippen LogP contribution in [0.25, 0.3) is 11.0 Å². The first-order valence-corrected chi connectivity index (χ1v) is 7.13. The van der Waals surface area contributed by atoms with Crippen LogP contribution in [0.2, 0.25) is 0 Å². The molecule has 0 amide bonds. The maximum absolute atomic E-state index is 12.3. The molecule has 2 aromatic heterocycles. The van der Waals surface area contributed by atoms with Crippen molar-refractivity contribution in [1.82, 2.24) is 23.8 Å². The van der Waals surface area contributed by atoms with E-state index in [2.05, 4.69) is 5.10 Å². The Balaban J connectivity index is 2.60. The Hall–Kier alpha value is -1.89. The Labute approximate surface area is 123 Å². The number of fused-ring (bicyclic) bond motifs is 1. The second kappa shape index (κ2) is 5.85. The predicted molar refractivity (Wildman–Crippen MR) is 82.6 cm³/mol. The first-order valence-electron chi connectivity index (χ1n) is 7.13. The SMILES string of the molecule is CC(C)Cn1c(=O)n(C)c(=O)c2cn(CCN(C)C)nc21. The number of hydrogen-bond acceptors (Lipinski definition) is 4. The van der Waals surface area contributed by atoms with Crippen molar-refractivity contribution < 1.29 is 0 Å². The van der Waals surface area contributed by atoms with Crippen molar-refractivity contribution in [2.75, 3.05) is 20.6 Å². The molecule has 116 valence electrons. The van der Waals surface area contributed by atoms with E-state index < -0.39 is 0 Å². The minimum atomic E-state index is -0.306. The highest BCUT2D eigenvalue weighted by Gasteiger charge is 2.15. The lowest BCUT2D eigenvalue weighted by Gasteiger charge is -2.10. The third kappa shape index (κ3) is 3.07. The van der Waals surface area contributed by atoms with E-state index in [1.54, 1.807) is 15.4 Å². The second-order valence-electron chi connectivity index (χ2n) is 6.08. The average Bonchev–Trinajstić information content (AvgIpc) is 2.83. The van der Waals surface area contributed by atoms with Crippen LogP contribution in [0.15, 0.2) is 15.8 Å². The maximum Gasteiger partial charge on any atom is 0.332 e. The zero-order valence-electron chi connectivity index (χ0n) is 13.3. The molecule has 0 atom stereocenters. The molecular weight excluding hydrogens is 270 g/mol. The van der Waals surface area contributed by atoms with E-state index in [1.165, 1.54) is 7.05 Å². The van der Waals surface area contributed by atoms with E-state index in [4.69, 9.17) is 0 Å². The number of likely N-dealkylation sites (N-methyl/N-ethyl adjacent to an activating group) is 1. The van der Waals surface area contributed by atoms with Crippen LogP contribution in [0.3, 0.4) is 0 Å². The Morgan fingerprint density at radius 1 is 1.29 bits per heavy atom. The number of nitrogens with zero attached hydrogens (tertiary/aromatic N) is 5. The Morgan fingerprint density at radius 3 is 2.52 bits per heavy atom. The molecule has 7 nitrogen and oxygen atoms in total. The van der Waals surface area contributed by atoms with Crippen LogP contribution in [0.4, 0.5) is 0 Å². The molecule has 0 unspecified atom stereocenters. The summed E-state index contributed by atoms with van der Waals surface area (Å²) < 4.78 is 4.48. The Bertz CT molecular complexity index is 751. The van der Waals surface area contributed by atoms with E-state index in [1.807, 2.05) is 32.8 Å². The molecule has 0 radical (unpaired) electrons. The van der Waals surface area contributed by atoms with Crippen molar-refractivity contribution >= 4 is 11.0 Å². The van der Waals surface area contributed by atoms with E-state index in [0.717, 1.165) is 11.1 Å². The second-order valence-corrected chi connectivity index (χ2v) is 6.08. The summed E-state index contributed by atoms with van der Waals surface area (Å²) in [5, 5.41) is 4.94. The van der Waals surface area contributed by atoms with Gasteiger partial charge in [0.05, 0.1) is 6.54 Å². The summed E-state index contributed by atoms with van der Waals surface area (Å²) in [6.45, 7) is 6.12. The molecule has 0 bridgehead atoms. The highest BCUT2D eigenvalue weighted by molar-refractivity contribution is 5.73. The van der Waals surface area contributed by atoms with Gasteiger partial charge in [0.25, 0.3) is 5.56 Å². The molecule has 0 saturated heterocycles. The lowest BCUT2D eigenvalue weighted by Crippen LogP contribution is -2.38. The van der Waals surface area contributed by atoms with Crippen LogP contribution in [0, 0.1) is 5.92 Å². The lowest BCUT2D eigenvalue weighted by atomic mass is 10.2. The fraction of sp³-hybridized carbons (Fsp3) is 0.643. The topological polar surface area (TPSA) is 65.1 Å². The smallest absolute Gasteiger partial charge is 0.308 e. The normalized spacial score (nSPS) is 12.0. The van der Waals surface area contributed by atoms with Gasteiger partial charge in [-0.1, -0.05) is 13.8 Å². The predicted octanol–water partition coefficient (Wildman–Crippen LogP) is 0.114. The van der Waals surface area contributed by atoms with Crippen molar-refractivity contribution in [3.8, 4) is 0 Å². The number of hydrogen-bond donors (Lipinski definition) is 0. The van der Waals surface area contributed by atoms with Crippen molar-refractivity contribution in [2.45, 2.75) is 26.9 Å². The molecule has 0 N–H and O–H groups in total. The molecule has 2 rings (SSSR count). The van der Waals surface area contributed by atoms with Crippen molar-refractivity contribution in [3.63, 3.8) is 0 Å². The average molecular weight is 293 g/mol. The standard InChI is InChI=1S/C14H23N5O2/c1-10(2)8-19-12-11(13(20)17(5)14(19)21)9-18(15-12)7-6-16(3)4/h9-10H,6-8H2,1-5H3. The molecule has 2 heterocycles. The molecule has 0 aliphatic heterocycles. The quantitative estimate of drug-likeness (QED) is 0.785. The first-order chi connectivity index (χ1) is 9.81. The van der Waals surface area contributed by atoms with Gasteiger partial charge < -0.3 is 4.90 Å². The summed E-state index contributed by atoms with van der Waals surface area (Å²) in [5.41, 5.74) is -0.110. The Kier molecular flexibility index (Phi) is 4.32. The number of rotatable bonds is 5. The van der Waals surface area contributed by atoms with Gasteiger partial charge in [0, 0.05) is 26.3 Å². The molecule has 0 fully saturated rings. The van der Waals surface area contributed by atoms with Crippen LogP contribution in [0.5, 0.6) is 0 Å². The zero-order valence-corrected chi connectivity index (χ0v) is 13.3. The van der Waals surface area contributed by atoms with Crippen LogP contribution in [0.1, 0.15) is 13.8 Å². The van der Waals surface area contributed by atoms with E-state index >= 15 is 0 Å². The van der Waals surface area contributed by atoms with Gasteiger partial charge in [-0.25, -0.2) is 4.79 Å². The minimum Gasteiger partial charge on any atom is -0.308 e. The van der Waals surface area contributed by atoms with E-state index in [9.17, 15) is 9.59 Å². The van der Waals surface area contributed by atoms with Crippen molar-refractivity contribution in [1.29, 1.82) is 0 Å². The zero-order chi connectivity index (χ0) is 15.7. The van der Waals surface area contributed by atoms with Crippen molar-refractivity contribution in [3.05, 3.63) is 27.0 Å². The van der Waals surface area contributed by atoms with Crippen molar-refractivity contribution in [2.24, 2.45) is 13.0 Å². The summed E-state index contributed by atoms with van der Waals surface area (Å²) in [5.74, 6) is 0.301. The Morgan fingerprint density at radius 2 is 1.95 bits per heavy atom. The summed E-state index contributed by atoms with van der Waals surface area (Å²) in [4.78, 5) is 26.6. The summed E-state index contributed by atoms with van der Waals surface area (Å²) in [6, 6.07) is 0. The van der Waals surface area contributed by atoms with Crippen LogP contribution < -0.4 is 11.2 Å². The molecule has 0 aliphatic carbocycles. The molecule has 0 spiro atoms. The molecule has 0 aliphatic rings. The summed E-state index contributed by atoms with van der Waals surface area (Å²) in [7, 11) is 5.48. The van der Waals surface area contributed by atoms with Gasteiger partial charge in [0.1, 0.15) is 5.39 Å². The molecule has 0 saturated carbocycles. The van der Waals surface area contributed by atoms with E-state index in [0.29, 0.717) is 30.0 Å². The highest BCUT2D eigenvalue weighted by atomic mass is 16.2. The van der Waals surface area contributed by atoms with E-state index in [-0.39, 0.29) is 11.2 Å². The monoisotopic (exact) mass is 293 g/mol. The molecule has 21 heavy (non-hydrogen) atoms. The largest absolute Gasteiger partial charge is 0.332 e.